The van der Waals surface area contributed by atoms with Crippen LogP contribution in [-0.4, -0.2) is 76.6 Å². The minimum absolute atomic E-state index is 0.0504. The zero-order valence-electron chi connectivity index (χ0n) is 24.9. The molecule has 4 N–H and O–H groups in total. The van der Waals surface area contributed by atoms with E-state index in [2.05, 4.69) is 56.1 Å². The fraction of sp³-hybridized carbons (Fsp3) is 0.333. The van der Waals surface area contributed by atoms with Gasteiger partial charge in [-0.15, -0.1) is 0 Å². The van der Waals surface area contributed by atoms with Crippen molar-refractivity contribution in [2.24, 2.45) is 5.73 Å². The number of aliphatic hydroxyl groups is 1. The Kier molecular flexibility index (Phi) is 10.9. The SMILES string of the molecule is CC(C)(C)c1ccc(-n2nc(-c3ccncc3)cc2[AsH]CCCC(=O)N(CCO)C(=O)[C@@H](N)Cc2ccc(O)cc2)cc1. The topological polar surface area (TPSA) is 135 Å². The van der Waals surface area contributed by atoms with Crippen molar-refractivity contribution < 1.29 is 19.8 Å². The number of nitrogens with two attached hydrogens (primary N) is 1. The number of amides is 2. The molecular formula is C33H40AsN5O4. The average Bonchev–Trinajstić information content (AvgIpc) is 3.43. The van der Waals surface area contributed by atoms with Crippen LogP contribution in [-0.2, 0) is 21.4 Å². The number of phenols is 1. The van der Waals surface area contributed by atoms with Crippen molar-refractivity contribution in [2.75, 3.05) is 13.2 Å². The molecule has 0 aliphatic heterocycles. The van der Waals surface area contributed by atoms with Gasteiger partial charge in [-0.25, -0.2) is 0 Å². The Morgan fingerprint density at radius 1 is 1.02 bits per heavy atom. The second kappa shape index (κ2) is 14.6. The first kappa shape index (κ1) is 32.1. The summed E-state index contributed by atoms with van der Waals surface area (Å²) >= 11 is -0.677. The number of pyridine rings is 1. The normalized spacial score (nSPS) is 12.5. The number of aliphatic hydroxyl groups excluding tert-OH is 1. The molecule has 10 heteroatoms. The standard InChI is InChI=1S/C33H40AsN5O4/c1-33(2,3)25-8-10-26(11-9-25)39-30(22-29(37-39)24-14-17-36-18-15-24)34-16-4-5-31(42)38(19-20-40)32(43)28(35)21-23-6-12-27(41)13-7-23/h6-15,17-18,22,28,34,40-41H,4-5,16,19-21,35H2,1-3H3/t28-/m0/s1. The second-order valence-corrected chi connectivity index (χ2v) is 14.3. The number of nitrogens with zero attached hydrogens (tertiary/aromatic N) is 4. The minimum atomic E-state index is -0.931. The van der Waals surface area contributed by atoms with E-state index in [0.717, 1.165) is 37.1 Å². The van der Waals surface area contributed by atoms with Crippen LogP contribution < -0.4 is 10.2 Å². The molecule has 0 bridgehead atoms. The molecular weight excluding hydrogens is 605 g/mol. The van der Waals surface area contributed by atoms with E-state index in [1.165, 1.54) is 17.7 Å². The molecule has 2 aromatic carbocycles. The number of aromatic hydroxyl groups is 1. The average molecular weight is 646 g/mol. The van der Waals surface area contributed by atoms with Gasteiger partial charge in [-0.05, 0) is 0 Å². The second-order valence-electron chi connectivity index (χ2n) is 11.5. The molecule has 4 aromatic rings. The summed E-state index contributed by atoms with van der Waals surface area (Å²) < 4.78 is 3.15. The summed E-state index contributed by atoms with van der Waals surface area (Å²) in [6, 6.07) is 20.0. The van der Waals surface area contributed by atoms with Crippen molar-refractivity contribution >= 4 is 32.0 Å². The quantitative estimate of drug-likeness (QED) is 0.159. The number of hydrogen-bond donors (Lipinski definition) is 3. The Morgan fingerprint density at radius 2 is 1.70 bits per heavy atom. The number of aromatic nitrogens is 3. The van der Waals surface area contributed by atoms with Crippen LogP contribution in [0.15, 0.2) is 79.1 Å². The maximum absolute atomic E-state index is 13.1. The molecule has 2 heterocycles. The van der Waals surface area contributed by atoms with Gasteiger partial charge in [-0.2, -0.15) is 0 Å². The van der Waals surface area contributed by atoms with Gasteiger partial charge in [0.05, 0.1) is 0 Å². The third-order valence-electron chi connectivity index (χ3n) is 7.14. The van der Waals surface area contributed by atoms with Gasteiger partial charge in [-0.1, -0.05) is 0 Å². The summed E-state index contributed by atoms with van der Waals surface area (Å²) in [5, 5.41) is 24.8. The third-order valence-corrected chi connectivity index (χ3v) is 9.91. The van der Waals surface area contributed by atoms with E-state index in [0.29, 0.717) is 6.42 Å². The number of hydrogen-bond acceptors (Lipinski definition) is 7. The molecule has 0 aliphatic carbocycles. The van der Waals surface area contributed by atoms with E-state index in [1.807, 2.05) is 16.8 Å². The summed E-state index contributed by atoms with van der Waals surface area (Å²) in [6.07, 6.45) is 4.53. The van der Waals surface area contributed by atoms with E-state index in [9.17, 15) is 19.8 Å². The molecule has 0 saturated heterocycles. The van der Waals surface area contributed by atoms with Gasteiger partial charge in [0, 0.05) is 0 Å². The van der Waals surface area contributed by atoms with E-state index in [-0.39, 0.29) is 43.1 Å². The molecule has 1 unspecified atom stereocenters. The Hall–Kier alpha value is -3.78. The van der Waals surface area contributed by atoms with Gasteiger partial charge in [0.2, 0.25) is 0 Å². The van der Waals surface area contributed by atoms with Crippen LogP contribution in [0.1, 0.15) is 44.7 Å². The number of phenolic OH excluding ortho intramolecular Hbond substituents is 1. The third kappa shape index (κ3) is 8.63. The van der Waals surface area contributed by atoms with Gasteiger partial charge in [0.15, 0.2) is 0 Å². The Morgan fingerprint density at radius 3 is 2.33 bits per heavy atom. The molecule has 2 aromatic heterocycles. The van der Waals surface area contributed by atoms with Gasteiger partial charge < -0.3 is 5.11 Å². The molecule has 43 heavy (non-hydrogen) atoms. The van der Waals surface area contributed by atoms with E-state index in [1.54, 1.807) is 24.5 Å². The molecule has 226 valence electrons. The zero-order chi connectivity index (χ0) is 31.0. The van der Waals surface area contributed by atoms with E-state index < -0.39 is 27.7 Å². The van der Waals surface area contributed by atoms with Crippen LogP contribution in [0, 0.1) is 0 Å². The van der Waals surface area contributed by atoms with Gasteiger partial charge in [0.1, 0.15) is 0 Å². The Balaban J connectivity index is 1.42. The zero-order valence-corrected chi connectivity index (χ0v) is 27.0. The fourth-order valence-electron chi connectivity index (χ4n) is 4.69. The summed E-state index contributed by atoms with van der Waals surface area (Å²) in [5.74, 6) is -0.725. The van der Waals surface area contributed by atoms with E-state index in [4.69, 9.17) is 10.8 Å². The number of benzene rings is 2. The van der Waals surface area contributed by atoms with E-state index >= 15 is 0 Å². The van der Waals surface area contributed by atoms with Crippen LogP contribution in [0.4, 0.5) is 0 Å². The first-order valence-electron chi connectivity index (χ1n) is 14.4. The number of rotatable bonds is 12. The summed E-state index contributed by atoms with van der Waals surface area (Å²) in [6.45, 7) is 6.14. The summed E-state index contributed by atoms with van der Waals surface area (Å²) in [7, 11) is 0. The maximum atomic E-state index is 13.1. The molecule has 0 aliphatic rings. The van der Waals surface area contributed by atoms with Gasteiger partial charge >= 0.3 is 255 Å². The van der Waals surface area contributed by atoms with Crippen molar-refractivity contribution in [3.63, 3.8) is 0 Å². The molecule has 4 rings (SSSR count). The molecule has 2 atom stereocenters. The van der Waals surface area contributed by atoms with Crippen LogP contribution in [0.2, 0.25) is 5.21 Å². The van der Waals surface area contributed by atoms with Gasteiger partial charge in [0.25, 0.3) is 0 Å². The molecule has 2 amide bonds. The summed E-state index contributed by atoms with van der Waals surface area (Å²) in [5.41, 5.74) is 11.1. The Bertz CT molecular complexity index is 1500. The number of imide groups is 1. The number of carbonyl (C=O) groups is 2. The van der Waals surface area contributed by atoms with Crippen molar-refractivity contribution in [3.05, 3.63) is 90.3 Å². The van der Waals surface area contributed by atoms with Crippen molar-refractivity contribution in [3.8, 4) is 22.7 Å². The van der Waals surface area contributed by atoms with Crippen LogP contribution in [0.3, 0.4) is 0 Å². The molecule has 0 saturated carbocycles. The van der Waals surface area contributed by atoms with Crippen LogP contribution in [0.25, 0.3) is 16.9 Å². The van der Waals surface area contributed by atoms with Crippen molar-refractivity contribution in [1.29, 1.82) is 0 Å². The molecule has 0 spiro atoms. The van der Waals surface area contributed by atoms with Crippen LogP contribution in [0.5, 0.6) is 5.75 Å². The number of carbonyl (C=O) groups excluding carboxylic acids is 2. The first-order valence-corrected chi connectivity index (χ1v) is 16.9. The van der Waals surface area contributed by atoms with Crippen molar-refractivity contribution in [1.82, 2.24) is 19.7 Å². The monoisotopic (exact) mass is 645 g/mol. The van der Waals surface area contributed by atoms with Gasteiger partial charge in [-0.3, -0.25) is 0 Å². The van der Waals surface area contributed by atoms with Crippen LogP contribution >= 0.6 is 0 Å². The molecule has 0 radical (unpaired) electrons. The summed E-state index contributed by atoms with van der Waals surface area (Å²) in [4.78, 5) is 31.3. The predicted molar refractivity (Wildman–Crippen MR) is 170 cm³/mol. The predicted octanol–water partition coefficient (Wildman–Crippen LogP) is 3.12. The molecule has 9 nitrogen and oxygen atoms in total. The molecule has 0 fully saturated rings. The fourth-order valence-corrected chi connectivity index (χ4v) is 7.16. The Labute approximate surface area is 259 Å². The first-order chi connectivity index (χ1) is 20.6. The van der Waals surface area contributed by atoms with Crippen molar-refractivity contribution in [2.45, 2.75) is 56.7 Å².